The molecule has 7 nitrogen and oxygen atoms in total. The van der Waals surface area contributed by atoms with Crippen LogP contribution in [0, 0.1) is 21.7 Å². The van der Waals surface area contributed by atoms with Crippen LogP contribution in [-0.4, -0.2) is 51.2 Å². The molecule has 1 heterocycles. The first-order chi connectivity index (χ1) is 9.31. The highest BCUT2D eigenvalue weighted by Crippen LogP contribution is 2.25. The normalized spacial score (nSPS) is 22.1. The Morgan fingerprint density at radius 2 is 1.75 bits per heavy atom. The number of nitrogens with zero attached hydrogens (tertiary/aromatic N) is 2. The molecule has 0 radical (unpaired) electrons. The van der Waals surface area contributed by atoms with E-state index in [1.807, 2.05) is 0 Å². The van der Waals surface area contributed by atoms with Crippen molar-refractivity contribution in [3.63, 3.8) is 0 Å². The number of carbonyl (C=O) groups is 1. The van der Waals surface area contributed by atoms with Gasteiger partial charge in [0.05, 0.1) is 23.2 Å². The molecule has 1 aromatic rings. The van der Waals surface area contributed by atoms with Crippen molar-refractivity contribution < 1.29 is 28.7 Å². The Bertz CT molecular complexity index is 570. The largest absolute Gasteiger partial charge is 0.388 e. The van der Waals surface area contributed by atoms with Crippen LogP contribution >= 0.6 is 0 Å². The second-order valence-corrected chi connectivity index (χ2v) is 4.39. The molecule has 1 fully saturated rings. The minimum atomic E-state index is -1.44. The van der Waals surface area contributed by atoms with Crippen LogP contribution in [0.15, 0.2) is 12.1 Å². The number of hydrogen-bond acceptors (Lipinski definition) is 5. The number of carbonyl (C=O) groups excluding carboxylic acids is 1. The number of hydrogen-bond donors (Lipinski definition) is 2. The number of benzene rings is 1. The molecule has 0 aromatic heterocycles. The molecule has 2 rings (SSSR count). The van der Waals surface area contributed by atoms with Gasteiger partial charge in [0.1, 0.15) is 5.56 Å². The Morgan fingerprint density at radius 1 is 1.25 bits per heavy atom. The van der Waals surface area contributed by atoms with Crippen LogP contribution in [0.2, 0.25) is 0 Å². The lowest BCUT2D eigenvalue weighted by molar-refractivity contribution is -0.385. The average Bonchev–Trinajstić information content (AvgIpc) is 2.71. The Balaban J connectivity index is 2.39. The third-order valence-corrected chi connectivity index (χ3v) is 3.01. The Hall–Kier alpha value is -2.13. The zero-order valence-corrected chi connectivity index (χ0v) is 9.99. The molecule has 0 bridgehead atoms. The van der Waals surface area contributed by atoms with Crippen molar-refractivity contribution in [1.82, 2.24) is 4.90 Å². The molecular formula is C11H10F2N2O5. The van der Waals surface area contributed by atoms with Gasteiger partial charge in [-0.25, -0.2) is 8.78 Å². The maximum absolute atomic E-state index is 13.2. The fourth-order valence-electron chi connectivity index (χ4n) is 1.96. The molecule has 1 amide bonds. The molecule has 1 saturated heterocycles. The van der Waals surface area contributed by atoms with E-state index in [2.05, 4.69) is 0 Å². The van der Waals surface area contributed by atoms with Crippen molar-refractivity contribution in [2.24, 2.45) is 0 Å². The lowest BCUT2D eigenvalue weighted by Crippen LogP contribution is -2.30. The number of amides is 1. The predicted octanol–water partition coefficient (Wildman–Crippen LogP) is 0.0506. The van der Waals surface area contributed by atoms with Gasteiger partial charge < -0.3 is 15.1 Å². The lowest BCUT2D eigenvalue weighted by Gasteiger charge is -2.15. The minimum Gasteiger partial charge on any atom is -0.388 e. The van der Waals surface area contributed by atoms with Gasteiger partial charge in [-0.2, -0.15) is 0 Å². The van der Waals surface area contributed by atoms with Crippen LogP contribution in [-0.2, 0) is 0 Å². The fraction of sp³-hybridized carbons (Fsp3) is 0.364. The monoisotopic (exact) mass is 288 g/mol. The van der Waals surface area contributed by atoms with Crippen molar-refractivity contribution in [2.45, 2.75) is 12.2 Å². The first-order valence-electron chi connectivity index (χ1n) is 5.60. The number of halogens is 2. The van der Waals surface area contributed by atoms with Crippen molar-refractivity contribution >= 4 is 11.6 Å². The van der Waals surface area contributed by atoms with E-state index in [1.165, 1.54) is 0 Å². The summed E-state index contributed by atoms with van der Waals surface area (Å²) >= 11 is 0. The molecule has 0 unspecified atom stereocenters. The number of aliphatic hydroxyl groups excluding tert-OH is 2. The van der Waals surface area contributed by atoms with Crippen molar-refractivity contribution in [2.75, 3.05) is 13.1 Å². The van der Waals surface area contributed by atoms with Gasteiger partial charge in [0.2, 0.25) is 0 Å². The standard InChI is InChI=1S/C11H10F2N2O5/c12-6-1-5(8(15(19)20)2-7(6)13)11(18)14-3-9(16)10(17)4-14/h1-2,9-10,16-17H,3-4H2/t9-,10+. The molecule has 1 aromatic carbocycles. The molecule has 0 saturated carbocycles. The van der Waals surface area contributed by atoms with Crippen molar-refractivity contribution in [1.29, 1.82) is 0 Å². The van der Waals surface area contributed by atoms with Gasteiger partial charge >= 0.3 is 0 Å². The Morgan fingerprint density at radius 3 is 2.25 bits per heavy atom. The van der Waals surface area contributed by atoms with Gasteiger partial charge in [-0.1, -0.05) is 0 Å². The number of nitro benzene ring substituents is 1. The van der Waals surface area contributed by atoms with E-state index >= 15 is 0 Å². The number of β-amino-alcohol motifs (C(OH)–C–C–N with tert-alkyl or cyclic N) is 2. The minimum absolute atomic E-state index is 0.240. The molecule has 0 spiro atoms. The van der Waals surface area contributed by atoms with E-state index in [0.29, 0.717) is 12.1 Å². The first kappa shape index (κ1) is 14.3. The molecule has 9 heteroatoms. The highest BCUT2D eigenvalue weighted by atomic mass is 19.2. The lowest BCUT2D eigenvalue weighted by atomic mass is 10.1. The average molecular weight is 288 g/mol. The van der Waals surface area contributed by atoms with Gasteiger partial charge in [0.25, 0.3) is 11.6 Å². The van der Waals surface area contributed by atoms with Gasteiger partial charge in [0, 0.05) is 13.1 Å². The van der Waals surface area contributed by atoms with Crippen LogP contribution in [0.1, 0.15) is 10.4 Å². The summed E-state index contributed by atoms with van der Waals surface area (Å²) < 4.78 is 26.2. The quantitative estimate of drug-likeness (QED) is 0.591. The summed E-state index contributed by atoms with van der Waals surface area (Å²) in [5, 5.41) is 29.4. The molecule has 1 aliphatic rings. The number of nitro groups is 1. The van der Waals surface area contributed by atoms with Crippen LogP contribution in [0.25, 0.3) is 0 Å². The van der Waals surface area contributed by atoms with Gasteiger partial charge in [-0.3, -0.25) is 14.9 Å². The third kappa shape index (κ3) is 2.45. The maximum Gasteiger partial charge on any atom is 0.285 e. The van der Waals surface area contributed by atoms with Crippen LogP contribution in [0.5, 0.6) is 0 Å². The molecular weight excluding hydrogens is 278 g/mol. The summed E-state index contributed by atoms with van der Waals surface area (Å²) in [6.45, 7) is -0.480. The summed E-state index contributed by atoms with van der Waals surface area (Å²) in [7, 11) is 0. The molecule has 108 valence electrons. The summed E-state index contributed by atoms with van der Waals surface area (Å²) in [6, 6.07) is 0.762. The zero-order valence-electron chi connectivity index (χ0n) is 9.99. The second kappa shape index (κ2) is 5.10. The second-order valence-electron chi connectivity index (χ2n) is 4.39. The topological polar surface area (TPSA) is 104 Å². The van der Waals surface area contributed by atoms with Gasteiger partial charge in [0.15, 0.2) is 11.6 Å². The third-order valence-electron chi connectivity index (χ3n) is 3.01. The first-order valence-corrected chi connectivity index (χ1v) is 5.60. The zero-order chi connectivity index (χ0) is 15.0. The number of likely N-dealkylation sites (tertiary alicyclic amines) is 1. The summed E-state index contributed by atoms with van der Waals surface area (Å²) in [6.07, 6.45) is -2.35. The van der Waals surface area contributed by atoms with Crippen LogP contribution < -0.4 is 0 Å². The van der Waals surface area contributed by atoms with E-state index in [9.17, 15) is 33.9 Å². The highest BCUT2D eigenvalue weighted by molar-refractivity contribution is 5.98. The maximum atomic E-state index is 13.2. The highest BCUT2D eigenvalue weighted by Gasteiger charge is 2.36. The molecule has 0 aliphatic carbocycles. The van der Waals surface area contributed by atoms with E-state index in [-0.39, 0.29) is 13.1 Å². The van der Waals surface area contributed by atoms with E-state index < -0.39 is 45.9 Å². The fourth-order valence-corrected chi connectivity index (χ4v) is 1.96. The van der Waals surface area contributed by atoms with Crippen LogP contribution in [0.4, 0.5) is 14.5 Å². The molecule has 1 aliphatic heterocycles. The molecule has 20 heavy (non-hydrogen) atoms. The number of rotatable bonds is 2. The Labute approximate surface area is 111 Å². The van der Waals surface area contributed by atoms with Gasteiger partial charge in [-0.15, -0.1) is 0 Å². The molecule has 2 atom stereocenters. The van der Waals surface area contributed by atoms with E-state index in [0.717, 1.165) is 4.90 Å². The van der Waals surface area contributed by atoms with E-state index in [1.54, 1.807) is 0 Å². The smallest absolute Gasteiger partial charge is 0.285 e. The predicted molar refractivity (Wildman–Crippen MR) is 60.9 cm³/mol. The number of aliphatic hydroxyl groups is 2. The summed E-state index contributed by atoms with van der Waals surface area (Å²) in [5.74, 6) is -3.78. The summed E-state index contributed by atoms with van der Waals surface area (Å²) in [4.78, 5) is 22.8. The van der Waals surface area contributed by atoms with Crippen molar-refractivity contribution in [3.8, 4) is 0 Å². The summed E-state index contributed by atoms with van der Waals surface area (Å²) in [5.41, 5.74) is -1.50. The van der Waals surface area contributed by atoms with Gasteiger partial charge in [-0.05, 0) is 6.07 Å². The van der Waals surface area contributed by atoms with E-state index in [4.69, 9.17) is 0 Å². The SMILES string of the molecule is O=C(c1cc(F)c(F)cc1[N+](=O)[O-])N1C[C@@H](O)[C@@H](O)C1. The molecule has 2 N–H and O–H groups in total. The van der Waals surface area contributed by atoms with Crippen molar-refractivity contribution in [3.05, 3.63) is 39.4 Å². The Kier molecular flexibility index (Phi) is 3.64. The van der Waals surface area contributed by atoms with Crippen LogP contribution in [0.3, 0.4) is 0 Å².